The fourth-order valence-corrected chi connectivity index (χ4v) is 3.41. The number of H-pyrrole nitrogens is 1. The first kappa shape index (κ1) is 12.6. The van der Waals surface area contributed by atoms with E-state index in [0.717, 1.165) is 15.4 Å². The summed E-state index contributed by atoms with van der Waals surface area (Å²) in [4.78, 5) is 15.5. The molecule has 0 fully saturated rings. The fourth-order valence-electron chi connectivity index (χ4n) is 2.93. The summed E-state index contributed by atoms with van der Waals surface area (Å²) in [5.41, 5.74) is 0.972. The third kappa shape index (κ3) is 1.56. The van der Waals surface area contributed by atoms with Crippen LogP contribution in [0, 0.1) is 0 Å². The largest absolute Gasteiger partial charge is 0.372 e. The van der Waals surface area contributed by atoms with Crippen LogP contribution in [0.2, 0.25) is 0 Å². The number of anilines is 1. The van der Waals surface area contributed by atoms with Crippen molar-refractivity contribution >= 4 is 38.4 Å². The van der Waals surface area contributed by atoms with Crippen molar-refractivity contribution in [1.29, 1.82) is 0 Å². The summed E-state index contributed by atoms with van der Waals surface area (Å²) in [6.45, 7) is 0. The SMILES string of the molecule is O=C1Nc2ccccc2C1(O)c1c[nH]c2c(Br)cccc12. The first-order valence-corrected chi connectivity index (χ1v) is 7.31. The second-order valence-corrected chi connectivity index (χ2v) is 5.93. The highest BCUT2D eigenvalue weighted by Gasteiger charge is 2.48. The molecule has 104 valence electrons. The molecule has 0 aliphatic carbocycles. The molecule has 5 heteroatoms. The highest BCUT2D eigenvalue weighted by atomic mass is 79.9. The van der Waals surface area contributed by atoms with E-state index < -0.39 is 11.5 Å². The topological polar surface area (TPSA) is 65.1 Å². The van der Waals surface area contributed by atoms with Crippen LogP contribution in [0.5, 0.6) is 0 Å². The zero-order chi connectivity index (χ0) is 14.6. The standard InChI is InChI=1S/C16H11BrN2O2/c17-12-6-3-4-9-11(8-18-14(9)12)16(21)10-5-1-2-7-13(10)19-15(16)20/h1-8,18,21H,(H,19,20). The van der Waals surface area contributed by atoms with Crippen LogP contribution in [0.15, 0.2) is 53.1 Å². The van der Waals surface area contributed by atoms with Crippen LogP contribution in [0.3, 0.4) is 0 Å². The Bertz CT molecular complexity index is 887. The summed E-state index contributed by atoms with van der Waals surface area (Å²) in [5.74, 6) is -0.426. The molecule has 0 saturated carbocycles. The zero-order valence-electron chi connectivity index (χ0n) is 10.9. The predicted octanol–water partition coefficient (Wildman–Crippen LogP) is 3.12. The van der Waals surface area contributed by atoms with Gasteiger partial charge in [0.25, 0.3) is 5.91 Å². The van der Waals surface area contributed by atoms with Crippen LogP contribution < -0.4 is 5.32 Å². The second-order valence-electron chi connectivity index (χ2n) is 5.07. The number of hydrogen-bond donors (Lipinski definition) is 3. The maximum Gasteiger partial charge on any atom is 0.265 e. The molecule has 2 heterocycles. The number of carbonyl (C=O) groups is 1. The zero-order valence-corrected chi connectivity index (χ0v) is 12.4. The smallest absolute Gasteiger partial charge is 0.265 e. The van der Waals surface area contributed by atoms with E-state index >= 15 is 0 Å². The lowest BCUT2D eigenvalue weighted by Gasteiger charge is -2.20. The Morgan fingerprint density at radius 3 is 2.71 bits per heavy atom. The van der Waals surface area contributed by atoms with Gasteiger partial charge in [-0.3, -0.25) is 4.79 Å². The van der Waals surface area contributed by atoms with E-state index in [9.17, 15) is 9.90 Å². The fraction of sp³-hybridized carbons (Fsp3) is 0.0625. The van der Waals surface area contributed by atoms with Gasteiger partial charge in [-0.05, 0) is 28.1 Å². The van der Waals surface area contributed by atoms with Crippen molar-refractivity contribution in [3.63, 3.8) is 0 Å². The van der Waals surface area contributed by atoms with Gasteiger partial charge in [-0.1, -0.05) is 30.3 Å². The van der Waals surface area contributed by atoms with E-state index in [1.807, 2.05) is 30.3 Å². The average Bonchev–Trinajstić information content (AvgIpc) is 3.02. The number of aromatic amines is 1. The van der Waals surface area contributed by atoms with Crippen molar-refractivity contribution in [3.05, 3.63) is 64.3 Å². The molecule has 21 heavy (non-hydrogen) atoms. The molecule has 0 spiro atoms. The van der Waals surface area contributed by atoms with Gasteiger partial charge in [-0.15, -0.1) is 0 Å². The molecular weight excluding hydrogens is 332 g/mol. The van der Waals surface area contributed by atoms with Gasteiger partial charge in [-0.2, -0.15) is 0 Å². The van der Waals surface area contributed by atoms with Crippen LogP contribution in [-0.4, -0.2) is 16.0 Å². The van der Waals surface area contributed by atoms with E-state index in [2.05, 4.69) is 26.2 Å². The predicted molar refractivity (Wildman–Crippen MR) is 84.1 cm³/mol. The molecule has 4 rings (SSSR count). The van der Waals surface area contributed by atoms with E-state index in [0.29, 0.717) is 16.8 Å². The normalized spacial score (nSPS) is 20.6. The number of rotatable bonds is 1. The minimum atomic E-state index is -1.67. The minimum Gasteiger partial charge on any atom is -0.372 e. The van der Waals surface area contributed by atoms with Gasteiger partial charge >= 0.3 is 0 Å². The van der Waals surface area contributed by atoms with Gasteiger partial charge in [0, 0.05) is 32.9 Å². The molecule has 2 aromatic carbocycles. The summed E-state index contributed by atoms with van der Waals surface area (Å²) in [6, 6.07) is 12.9. The summed E-state index contributed by atoms with van der Waals surface area (Å²) < 4.78 is 0.890. The molecule has 1 amide bonds. The van der Waals surface area contributed by atoms with Crippen LogP contribution in [0.1, 0.15) is 11.1 Å². The Balaban J connectivity index is 2.04. The molecule has 0 saturated heterocycles. The minimum absolute atomic E-state index is 0.426. The number of hydrogen-bond acceptors (Lipinski definition) is 2. The molecule has 1 aromatic heterocycles. The Morgan fingerprint density at radius 1 is 1.05 bits per heavy atom. The molecule has 1 atom stereocenters. The Labute approximate surface area is 128 Å². The van der Waals surface area contributed by atoms with Crippen LogP contribution >= 0.6 is 15.9 Å². The lowest BCUT2D eigenvalue weighted by Crippen LogP contribution is -2.35. The second kappa shape index (κ2) is 4.19. The summed E-state index contributed by atoms with van der Waals surface area (Å²) in [6.07, 6.45) is 1.69. The third-order valence-electron chi connectivity index (χ3n) is 3.95. The maximum absolute atomic E-state index is 12.4. The van der Waals surface area contributed by atoms with E-state index in [4.69, 9.17) is 0 Å². The Morgan fingerprint density at radius 2 is 1.86 bits per heavy atom. The monoisotopic (exact) mass is 342 g/mol. The molecule has 1 aliphatic heterocycles. The van der Waals surface area contributed by atoms with Gasteiger partial charge in [0.1, 0.15) is 0 Å². The van der Waals surface area contributed by atoms with Gasteiger partial charge < -0.3 is 15.4 Å². The van der Waals surface area contributed by atoms with Crippen LogP contribution in [0.25, 0.3) is 10.9 Å². The van der Waals surface area contributed by atoms with E-state index in [1.54, 1.807) is 18.3 Å². The van der Waals surface area contributed by atoms with Crippen molar-refractivity contribution in [1.82, 2.24) is 4.98 Å². The number of carbonyl (C=O) groups excluding carboxylic acids is 1. The van der Waals surface area contributed by atoms with E-state index in [1.165, 1.54) is 0 Å². The lowest BCUT2D eigenvalue weighted by atomic mass is 9.87. The number of halogens is 1. The van der Waals surface area contributed by atoms with Crippen molar-refractivity contribution in [3.8, 4) is 0 Å². The van der Waals surface area contributed by atoms with Gasteiger partial charge in [0.05, 0.1) is 5.52 Å². The highest BCUT2D eigenvalue weighted by Crippen LogP contribution is 2.43. The Hall–Kier alpha value is -2.11. The summed E-state index contributed by atoms with van der Waals surface area (Å²) >= 11 is 3.47. The molecule has 0 radical (unpaired) electrons. The summed E-state index contributed by atoms with van der Waals surface area (Å²) in [5, 5.41) is 14.7. The van der Waals surface area contributed by atoms with Crippen LogP contribution in [-0.2, 0) is 10.4 Å². The number of aromatic nitrogens is 1. The van der Waals surface area contributed by atoms with Crippen molar-refractivity contribution in [2.45, 2.75) is 5.60 Å². The molecule has 4 nitrogen and oxygen atoms in total. The van der Waals surface area contributed by atoms with Crippen molar-refractivity contribution < 1.29 is 9.90 Å². The van der Waals surface area contributed by atoms with Gasteiger partial charge in [0.15, 0.2) is 5.60 Å². The lowest BCUT2D eigenvalue weighted by molar-refractivity contribution is -0.129. The van der Waals surface area contributed by atoms with Gasteiger partial charge in [0.2, 0.25) is 0 Å². The third-order valence-corrected chi connectivity index (χ3v) is 4.61. The quantitative estimate of drug-likeness (QED) is 0.636. The molecule has 1 aliphatic rings. The van der Waals surface area contributed by atoms with Crippen LogP contribution in [0.4, 0.5) is 5.69 Å². The summed E-state index contributed by atoms with van der Waals surface area (Å²) in [7, 11) is 0. The number of nitrogens with one attached hydrogen (secondary N) is 2. The van der Waals surface area contributed by atoms with Crippen molar-refractivity contribution in [2.75, 3.05) is 5.32 Å². The molecule has 0 bridgehead atoms. The Kier molecular flexibility index (Phi) is 2.52. The number of amides is 1. The van der Waals surface area contributed by atoms with Gasteiger partial charge in [-0.25, -0.2) is 0 Å². The molecular formula is C16H11BrN2O2. The first-order chi connectivity index (χ1) is 10.1. The van der Waals surface area contributed by atoms with Crippen molar-refractivity contribution in [2.24, 2.45) is 0 Å². The number of benzene rings is 2. The highest BCUT2D eigenvalue weighted by molar-refractivity contribution is 9.10. The van der Waals surface area contributed by atoms with E-state index in [-0.39, 0.29) is 0 Å². The molecule has 3 aromatic rings. The number of aliphatic hydroxyl groups is 1. The molecule has 3 N–H and O–H groups in total. The number of para-hydroxylation sites is 2. The number of fused-ring (bicyclic) bond motifs is 2. The first-order valence-electron chi connectivity index (χ1n) is 6.52. The molecule has 1 unspecified atom stereocenters. The average molecular weight is 343 g/mol. The maximum atomic E-state index is 12.4.